The van der Waals surface area contributed by atoms with Crippen molar-refractivity contribution in [2.45, 2.75) is 34.1 Å². The Morgan fingerprint density at radius 2 is 1.53 bits per heavy atom. The number of hydrogen-bond donors (Lipinski definition) is 2. The van der Waals surface area contributed by atoms with E-state index < -0.39 is 0 Å². The average molecular weight is 238 g/mol. The van der Waals surface area contributed by atoms with Crippen LogP contribution in [0.1, 0.15) is 29.2 Å². The van der Waals surface area contributed by atoms with Crippen LogP contribution in [0, 0.1) is 20.8 Å². The molecular weight excluding hydrogens is 220 g/mol. The van der Waals surface area contributed by atoms with Gasteiger partial charge in [0.05, 0.1) is 0 Å². The lowest BCUT2D eigenvalue weighted by molar-refractivity contribution is 1.13. The Hall–Kier alpha value is -0.340. The molecule has 82 valence electrons. The van der Waals surface area contributed by atoms with Gasteiger partial charge in [-0.2, -0.15) is 0 Å². The minimum atomic E-state index is 0.885. The maximum atomic E-state index is 4.46. The smallest absolute Gasteiger partial charge is 0.00448 e. The van der Waals surface area contributed by atoms with E-state index in [1.54, 1.807) is 0 Å². The van der Waals surface area contributed by atoms with Crippen molar-refractivity contribution < 1.29 is 0 Å². The molecule has 15 heavy (non-hydrogen) atoms. The van der Waals surface area contributed by atoms with Gasteiger partial charge in [0.1, 0.15) is 0 Å². The summed E-state index contributed by atoms with van der Waals surface area (Å²) >= 11 is 8.78. The molecule has 0 saturated carbocycles. The van der Waals surface area contributed by atoms with Crippen molar-refractivity contribution in [3.05, 3.63) is 44.2 Å². The molecule has 0 aliphatic rings. The normalized spacial score (nSPS) is 12.7. The van der Waals surface area contributed by atoms with Crippen molar-refractivity contribution in [1.29, 1.82) is 0 Å². The molecule has 1 aromatic rings. The Morgan fingerprint density at radius 3 is 1.93 bits per heavy atom. The number of hydrogen-bond acceptors (Lipinski definition) is 2. The molecule has 0 amide bonds. The third-order valence-corrected chi connectivity index (χ3v) is 3.54. The molecule has 0 saturated heterocycles. The highest BCUT2D eigenvalue weighted by molar-refractivity contribution is 7.88. The fraction of sp³-hybridized carbons (Fsp3) is 0.385. The van der Waals surface area contributed by atoms with Gasteiger partial charge in [-0.1, -0.05) is 17.7 Å². The summed E-state index contributed by atoms with van der Waals surface area (Å²) in [6.07, 6.45) is 0.885. The van der Waals surface area contributed by atoms with Crippen LogP contribution in [0.2, 0.25) is 0 Å². The van der Waals surface area contributed by atoms with Crippen LogP contribution in [0.25, 0.3) is 0 Å². The van der Waals surface area contributed by atoms with E-state index >= 15 is 0 Å². The molecule has 0 fully saturated rings. The monoisotopic (exact) mass is 238 g/mol. The van der Waals surface area contributed by atoms with Crippen LogP contribution in [-0.4, -0.2) is 0 Å². The number of thiol groups is 2. The first-order chi connectivity index (χ1) is 6.91. The Balaban J connectivity index is 3.11. The van der Waals surface area contributed by atoms with Gasteiger partial charge in [-0.3, -0.25) is 0 Å². The average Bonchev–Trinajstić information content (AvgIpc) is 2.10. The lowest BCUT2D eigenvalue weighted by Gasteiger charge is -2.11. The zero-order valence-corrected chi connectivity index (χ0v) is 11.5. The molecule has 0 bridgehead atoms. The Bertz CT molecular complexity index is 376. The summed E-state index contributed by atoms with van der Waals surface area (Å²) in [6, 6.07) is 4.44. The Kier molecular flexibility index (Phi) is 4.35. The summed E-state index contributed by atoms with van der Waals surface area (Å²) in [7, 11) is 0. The van der Waals surface area contributed by atoms with Gasteiger partial charge in [0.2, 0.25) is 0 Å². The van der Waals surface area contributed by atoms with Crippen molar-refractivity contribution in [3.8, 4) is 0 Å². The lowest BCUT2D eigenvalue weighted by Crippen LogP contribution is -1.96. The molecule has 0 aliphatic heterocycles. The number of rotatable bonds is 2. The Labute approximate surface area is 104 Å². The van der Waals surface area contributed by atoms with Crippen LogP contribution in [0.5, 0.6) is 0 Å². The van der Waals surface area contributed by atoms with E-state index in [9.17, 15) is 0 Å². The van der Waals surface area contributed by atoms with E-state index in [1.807, 2.05) is 6.92 Å². The van der Waals surface area contributed by atoms with E-state index in [-0.39, 0.29) is 0 Å². The van der Waals surface area contributed by atoms with Gasteiger partial charge in [-0.15, -0.1) is 25.3 Å². The van der Waals surface area contributed by atoms with E-state index in [1.165, 1.54) is 22.3 Å². The summed E-state index contributed by atoms with van der Waals surface area (Å²) in [5.74, 6) is 0. The second-order valence-corrected chi connectivity index (χ2v) is 5.30. The predicted molar refractivity (Wildman–Crippen MR) is 75.0 cm³/mol. The van der Waals surface area contributed by atoms with Crippen LogP contribution < -0.4 is 0 Å². The molecule has 0 atom stereocenters. The highest BCUT2D eigenvalue weighted by Crippen LogP contribution is 2.23. The maximum Gasteiger partial charge on any atom is 0.00448 e. The van der Waals surface area contributed by atoms with Crippen molar-refractivity contribution in [1.82, 2.24) is 0 Å². The van der Waals surface area contributed by atoms with Gasteiger partial charge < -0.3 is 0 Å². The van der Waals surface area contributed by atoms with Gasteiger partial charge in [-0.25, -0.2) is 0 Å². The first-order valence-corrected chi connectivity index (χ1v) is 5.95. The standard InChI is InChI=1S/C13H18S2/c1-8-5-9(2)12(10(3)6-8)7-13(15)11(4)14/h5-6,14-15H,7H2,1-4H3/b13-11-. The number of benzene rings is 1. The summed E-state index contributed by atoms with van der Waals surface area (Å²) in [5.41, 5.74) is 5.38. The first kappa shape index (κ1) is 12.7. The van der Waals surface area contributed by atoms with Gasteiger partial charge in [0.25, 0.3) is 0 Å². The van der Waals surface area contributed by atoms with Crippen LogP contribution in [0.15, 0.2) is 21.9 Å². The molecule has 2 heteroatoms. The molecule has 0 spiro atoms. The zero-order chi connectivity index (χ0) is 11.6. The summed E-state index contributed by atoms with van der Waals surface area (Å²) < 4.78 is 0. The van der Waals surface area contributed by atoms with Crippen molar-refractivity contribution in [2.75, 3.05) is 0 Å². The molecule has 1 aromatic carbocycles. The molecule has 1 rings (SSSR count). The second kappa shape index (κ2) is 5.13. The Morgan fingerprint density at radius 1 is 1.07 bits per heavy atom. The van der Waals surface area contributed by atoms with Gasteiger partial charge in [0.15, 0.2) is 0 Å². The summed E-state index contributed by atoms with van der Waals surface area (Å²) in [4.78, 5) is 2.05. The molecular formula is C13H18S2. The third-order valence-electron chi connectivity index (χ3n) is 2.60. The number of allylic oxidation sites excluding steroid dienone is 2. The molecule has 0 aromatic heterocycles. The summed E-state index contributed by atoms with van der Waals surface area (Å²) in [5, 5.41) is 0. The lowest BCUT2D eigenvalue weighted by atomic mass is 9.97. The quantitative estimate of drug-likeness (QED) is 0.707. The van der Waals surface area contributed by atoms with Crippen molar-refractivity contribution >= 4 is 25.3 Å². The van der Waals surface area contributed by atoms with E-state index in [2.05, 4.69) is 58.2 Å². The van der Waals surface area contributed by atoms with Crippen molar-refractivity contribution in [2.24, 2.45) is 0 Å². The first-order valence-electron chi connectivity index (χ1n) is 5.06. The SMILES string of the molecule is C/C(S)=C(/S)Cc1c(C)cc(C)cc1C. The highest BCUT2D eigenvalue weighted by Gasteiger charge is 2.05. The van der Waals surface area contributed by atoms with Crippen LogP contribution in [0.4, 0.5) is 0 Å². The minimum Gasteiger partial charge on any atom is -0.147 e. The van der Waals surface area contributed by atoms with Crippen LogP contribution in [-0.2, 0) is 6.42 Å². The predicted octanol–water partition coefficient (Wildman–Crippen LogP) is 4.25. The molecule has 0 nitrogen and oxygen atoms in total. The fourth-order valence-corrected chi connectivity index (χ4v) is 2.02. The van der Waals surface area contributed by atoms with Crippen LogP contribution >= 0.6 is 25.3 Å². The highest BCUT2D eigenvalue weighted by atomic mass is 32.1. The topological polar surface area (TPSA) is 0 Å². The number of aryl methyl sites for hydroxylation is 3. The molecule has 0 N–H and O–H groups in total. The fourth-order valence-electron chi connectivity index (χ4n) is 1.78. The summed E-state index contributed by atoms with van der Waals surface area (Å²) in [6.45, 7) is 8.42. The van der Waals surface area contributed by atoms with Crippen molar-refractivity contribution in [3.63, 3.8) is 0 Å². The molecule has 0 heterocycles. The van der Waals surface area contributed by atoms with E-state index in [0.717, 1.165) is 16.2 Å². The van der Waals surface area contributed by atoms with Gasteiger partial charge in [-0.05, 0) is 54.2 Å². The second-order valence-electron chi connectivity index (χ2n) is 4.09. The van der Waals surface area contributed by atoms with E-state index in [0.29, 0.717) is 0 Å². The zero-order valence-electron chi connectivity index (χ0n) is 9.76. The van der Waals surface area contributed by atoms with Gasteiger partial charge in [0, 0.05) is 6.42 Å². The van der Waals surface area contributed by atoms with Crippen LogP contribution in [0.3, 0.4) is 0 Å². The maximum absolute atomic E-state index is 4.46. The molecule has 0 aliphatic carbocycles. The molecule has 0 unspecified atom stereocenters. The molecule has 0 radical (unpaired) electrons. The largest absolute Gasteiger partial charge is 0.147 e. The minimum absolute atomic E-state index is 0.885. The van der Waals surface area contributed by atoms with E-state index in [4.69, 9.17) is 0 Å². The third kappa shape index (κ3) is 3.32. The van der Waals surface area contributed by atoms with Gasteiger partial charge >= 0.3 is 0 Å².